The number of carbonyl (C=O) groups is 3. The lowest BCUT2D eigenvalue weighted by Crippen LogP contribution is -2.44. The number of carbonyl (C=O) groups excluding carboxylic acids is 3. The molecular weight excluding hydrogens is 412 g/mol. The molecule has 0 aliphatic carbocycles. The average Bonchev–Trinajstić information content (AvgIpc) is 2.77. The Balaban J connectivity index is 1.71. The molecule has 32 heavy (non-hydrogen) atoms. The number of nitrogens with one attached hydrogen (secondary N) is 1. The van der Waals surface area contributed by atoms with Crippen molar-refractivity contribution in [2.45, 2.75) is 32.6 Å². The largest absolute Gasteiger partial charge is 0.465 e. The monoisotopic (exact) mass is 440 g/mol. The van der Waals surface area contributed by atoms with Crippen molar-refractivity contribution in [3.05, 3.63) is 64.7 Å². The third-order valence-electron chi connectivity index (χ3n) is 5.15. The van der Waals surface area contributed by atoms with Crippen molar-refractivity contribution < 1.29 is 28.6 Å². The van der Waals surface area contributed by atoms with Gasteiger partial charge >= 0.3 is 11.9 Å². The SMILES string of the molecule is COC(=O)c1cc(NC(=O)c2ccc(CN3CC(C)OC(C)C3)cc2)cc(C(=O)OC)c1. The number of esters is 2. The van der Waals surface area contributed by atoms with Crippen molar-refractivity contribution in [1.82, 2.24) is 4.90 Å². The number of amides is 1. The molecule has 0 saturated carbocycles. The van der Waals surface area contributed by atoms with Crippen molar-refractivity contribution in [3.8, 4) is 0 Å². The van der Waals surface area contributed by atoms with Gasteiger partial charge in [-0.05, 0) is 49.7 Å². The van der Waals surface area contributed by atoms with E-state index >= 15 is 0 Å². The maximum Gasteiger partial charge on any atom is 0.337 e. The van der Waals surface area contributed by atoms with Gasteiger partial charge in [-0.1, -0.05) is 12.1 Å². The van der Waals surface area contributed by atoms with Gasteiger partial charge in [-0.3, -0.25) is 9.69 Å². The summed E-state index contributed by atoms with van der Waals surface area (Å²) in [6.07, 6.45) is 0.388. The molecule has 0 spiro atoms. The van der Waals surface area contributed by atoms with Gasteiger partial charge in [-0.15, -0.1) is 0 Å². The molecule has 2 aromatic carbocycles. The van der Waals surface area contributed by atoms with Gasteiger partial charge in [0.15, 0.2) is 0 Å². The molecule has 2 atom stereocenters. The molecule has 1 heterocycles. The molecule has 8 heteroatoms. The van der Waals surface area contributed by atoms with Crippen LogP contribution in [0.1, 0.15) is 50.5 Å². The van der Waals surface area contributed by atoms with Gasteiger partial charge in [0.1, 0.15) is 0 Å². The third-order valence-corrected chi connectivity index (χ3v) is 5.15. The van der Waals surface area contributed by atoms with Crippen molar-refractivity contribution in [2.75, 3.05) is 32.6 Å². The second-order valence-corrected chi connectivity index (χ2v) is 7.88. The molecule has 1 amide bonds. The van der Waals surface area contributed by atoms with E-state index in [0.29, 0.717) is 11.3 Å². The minimum Gasteiger partial charge on any atom is -0.465 e. The van der Waals surface area contributed by atoms with E-state index in [9.17, 15) is 14.4 Å². The molecule has 0 aromatic heterocycles. The van der Waals surface area contributed by atoms with Crippen LogP contribution in [0.25, 0.3) is 0 Å². The van der Waals surface area contributed by atoms with E-state index in [-0.39, 0.29) is 29.2 Å². The molecule has 1 N–H and O–H groups in total. The van der Waals surface area contributed by atoms with Gasteiger partial charge in [0.05, 0.1) is 37.6 Å². The molecule has 1 aliphatic rings. The average molecular weight is 440 g/mol. The summed E-state index contributed by atoms with van der Waals surface area (Å²) < 4.78 is 15.2. The molecule has 170 valence electrons. The number of rotatable bonds is 6. The summed E-state index contributed by atoms with van der Waals surface area (Å²) in [5, 5.41) is 2.73. The minimum atomic E-state index is -0.623. The molecule has 2 unspecified atom stereocenters. The zero-order chi connectivity index (χ0) is 23.3. The lowest BCUT2D eigenvalue weighted by atomic mass is 10.1. The number of anilines is 1. The van der Waals surface area contributed by atoms with Crippen LogP contribution in [-0.2, 0) is 20.8 Å². The van der Waals surface area contributed by atoms with Crippen molar-refractivity contribution in [3.63, 3.8) is 0 Å². The van der Waals surface area contributed by atoms with Gasteiger partial charge in [0, 0.05) is 30.9 Å². The first kappa shape index (κ1) is 23.4. The van der Waals surface area contributed by atoms with Gasteiger partial charge in [-0.2, -0.15) is 0 Å². The molecule has 0 bridgehead atoms. The molecule has 1 saturated heterocycles. The van der Waals surface area contributed by atoms with Crippen LogP contribution < -0.4 is 5.32 Å². The lowest BCUT2D eigenvalue weighted by molar-refractivity contribution is -0.0704. The summed E-state index contributed by atoms with van der Waals surface area (Å²) in [5.74, 6) is -1.60. The predicted octanol–water partition coefficient (Wildman–Crippen LogP) is 3.12. The first-order valence-corrected chi connectivity index (χ1v) is 10.4. The summed E-state index contributed by atoms with van der Waals surface area (Å²) in [6.45, 7) is 6.65. The summed E-state index contributed by atoms with van der Waals surface area (Å²) >= 11 is 0. The van der Waals surface area contributed by atoms with Crippen molar-refractivity contribution in [2.24, 2.45) is 0 Å². The Morgan fingerprint density at radius 1 is 0.906 bits per heavy atom. The van der Waals surface area contributed by atoms with Crippen LogP contribution in [0, 0.1) is 0 Å². The second kappa shape index (κ2) is 10.4. The van der Waals surface area contributed by atoms with Gasteiger partial charge in [-0.25, -0.2) is 9.59 Å². The summed E-state index contributed by atoms with van der Waals surface area (Å²) in [5.41, 5.74) is 2.12. The van der Waals surface area contributed by atoms with E-state index in [1.165, 1.54) is 32.4 Å². The fourth-order valence-corrected chi connectivity index (χ4v) is 3.81. The summed E-state index contributed by atoms with van der Waals surface area (Å²) in [4.78, 5) is 38.9. The summed E-state index contributed by atoms with van der Waals surface area (Å²) in [7, 11) is 2.48. The Morgan fingerprint density at radius 3 is 1.94 bits per heavy atom. The highest BCUT2D eigenvalue weighted by Gasteiger charge is 2.22. The highest BCUT2D eigenvalue weighted by Crippen LogP contribution is 2.19. The van der Waals surface area contributed by atoms with E-state index in [1.807, 2.05) is 12.1 Å². The predicted molar refractivity (Wildman–Crippen MR) is 119 cm³/mol. The van der Waals surface area contributed by atoms with Crippen molar-refractivity contribution >= 4 is 23.5 Å². The summed E-state index contributed by atoms with van der Waals surface area (Å²) in [6, 6.07) is 11.6. The van der Waals surface area contributed by atoms with Crippen molar-refractivity contribution in [1.29, 1.82) is 0 Å². The van der Waals surface area contributed by atoms with E-state index in [1.54, 1.807) is 12.1 Å². The molecular formula is C24H28N2O6. The number of hydrogen-bond donors (Lipinski definition) is 1. The maximum atomic E-state index is 12.7. The Labute approximate surface area is 187 Å². The topological polar surface area (TPSA) is 94.2 Å². The minimum absolute atomic E-state index is 0.134. The normalized spacial score (nSPS) is 18.6. The number of hydrogen-bond acceptors (Lipinski definition) is 7. The van der Waals surface area contributed by atoms with Crippen LogP contribution in [0.5, 0.6) is 0 Å². The highest BCUT2D eigenvalue weighted by atomic mass is 16.5. The maximum absolute atomic E-state index is 12.7. The van der Waals surface area contributed by atoms with Crippen LogP contribution in [0.3, 0.4) is 0 Å². The number of methoxy groups -OCH3 is 2. The van der Waals surface area contributed by atoms with E-state index < -0.39 is 11.9 Å². The van der Waals surface area contributed by atoms with Crippen LogP contribution >= 0.6 is 0 Å². The number of nitrogens with zero attached hydrogens (tertiary/aromatic N) is 1. The Kier molecular flexibility index (Phi) is 7.61. The Hall–Kier alpha value is -3.23. The fraction of sp³-hybridized carbons (Fsp3) is 0.375. The van der Waals surface area contributed by atoms with Gasteiger partial charge in [0.25, 0.3) is 5.91 Å². The van der Waals surface area contributed by atoms with Gasteiger partial charge < -0.3 is 19.5 Å². The fourth-order valence-electron chi connectivity index (χ4n) is 3.81. The zero-order valence-corrected chi connectivity index (χ0v) is 18.7. The van der Waals surface area contributed by atoms with E-state index in [4.69, 9.17) is 14.2 Å². The standard InChI is InChI=1S/C24H28N2O6/c1-15-12-26(13-16(2)32-15)14-17-5-7-18(8-6-17)22(27)25-21-10-19(23(28)30-3)9-20(11-21)24(29)31-4/h5-11,15-16H,12-14H2,1-4H3,(H,25,27). The zero-order valence-electron chi connectivity index (χ0n) is 18.7. The van der Waals surface area contributed by atoms with Gasteiger partial charge in [0.2, 0.25) is 0 Å². The molecule has 1 aliphatic heterocycles. The third kappa shape index (κ3) is 5.93. The number of benzene rings is 2. The second-order valence-electron chi connectivity index (χ2n) is 7.88. The molecule has 1 fully saturated rings. The highest BCUT2D eigenvalue weighted by molar-refractivity contribution is 6.06. The first-order chi connectivity index (χ1) is 15.3. The van der Waals surface area contributed by atoms with Crippen LogP contribution in [0.15, 0.2) is 42.5 Å². The molecule has 3 rings (SSSR count). The first-order valence-electron chi connectivity index (χ1n) is 10.4. The lowest BCUT2D eigenvalue weighted by Gasteiger charge is -2.35. The van der Waals surface area contributed by atoms with Crippen LogP contribution in [-0.4, -0.2) is 62.3 Å². The van der Waals surface area contributed by atoms with Crippen LogP contribution in [0.4, 0.5) is 5.69 Å². The Bertz CT molecular complexity index is 944. The van der Waals surface area contributed by atoms with Crippen LogP contribution in [0.2, 0.25) is 0 Å². The quantitative estimate of drug-likeness (QED) is 0.690. The van der Waals surface area contributed by atoms with E-state index in [2.05, 4.69) is 24.1 Å². The number of ether oxygens (including phenoxy) is 3. The molecule has 0 radical (unpaired) electrons. The molecule has 8 nitrogen and oxygen atoms in total. The molecule has 2 aromatic rings. The smallest absolute Gasteiger partial charge is 0.337 e. The number of morpholine rings is 1. The van der Waals surface area contributed by atoms with E-state index in [0.717, 1.165) is 25.2 Å². The Morgan fingerprint density at radius 2 is 1.44 bits per heavy atom.